The van der Waals surface area contributed by atoms with Crippen molar-refractivity contribution in [2.75, 3.05) is 32.9 Å². The number of ether oxygens (including phenoxy) is 2. The van der Waals surface area contributed by atoms with Crippen LogP contribution in [0.3, 0.4) is 0 Å². The summed E-state index contributed by atoms with van der Waals surface area (Å²) in [6.07, 6.45) is 4.12. The first kappa shape index (κ1) is 18.6. The van der Waals surface area contributed by atoms with Crippen molar-refractivity contribution < 1.29 is 28.7 Å². The van der Waals surface area contributed by atoms with Crippen molar-refractivity contribution in [1.82, 2.24) is 10.2 Å². The second-order valence-electron chi connectivity index (χ2n) is 4.60. The van der Waals surface area contributed by atoms with Gasteiger partial charge in [-0.25, -0.2) is 4.79 Å². The average Bonchev–Trinajstić information content (AvgIpc) is 2.85. The first-order valence-corrected chi connectivity index (χ1v) is 7.21. The molecule has 0 radical (unpaired) electrons. The van der Waals surface area contributed by atoms with E-state index < -0.39 is 5.97 Å². The standard InChI is InChI=1S/C15H20N2O6/c1-2-15(21)23-11-10-22-9-7-16-12(18)4-3-8-17-13(19)5-6-14(17)20/h2,5-6H,1,3-4,7-11H2,(H,16,18). The number of nitrogens with zero attached hydrogens (tertiary/aromatic N) is 1. The van der Waals surface area contributed by atoms with Gasteiger partial charge in [0.25, 0.3) is 11.8 Å². The van der Waals surface area contributed by atoms with Crippen LogP contribution >= 0.6 is 0 Å². The molecule has 1 N–H and O–H groups in total. The van der Waals surface area contributed by atoms with Gasteiger partial charge in [0.2, 0.25) is 5.91 Å². The highest BCUT2D eigenvalue weighted by Crippen LogP contribution is 2.05. The molecule has 0 aliphatic carbocycles. The quantitative estimate of drug-likeness (QED) is 0.239. The van der Waals surface area contributed by atoms with Crippen LogP contribution in [0.1, 0.15) is 12.8 Å². The molecule has 1 heterocycles. The van der Waals surface area contributed by atoms with Gasteiger partial charge in [-0.1, -0.05) is 6.58 Å². The summed E-state index contributed by atoms with van der Waals surface area (Å²) in [5.41, 5.74) is 0. The van der Waals surface area contributed by atoms with Crippen LogP contribution in [-0.4, -0.2) is 61.5 Å². The topological polar surface area (TPSA) is 102 Å². The minimum absolute atomic E-state index is 0.130. The molecule has 126 valence electrons. The molecule has 0 aromatic heterocycles. The molecule has 0 atom stereocenters. The van der Waals surface area contributed by atoms with Crippen molar-refractivity contribution in [1.29, 1.82) is 0 Å². The Morgan fingerprint density at radius 3 is 2.52 bits per heavy atom. The summed E-state index contributed by atoms with van der Waals surface area (Å²) < 4.78 is 9.86. The zero-order valence-corrected chi connectivity index (χ0v) is 12.8. The van der Waals surface area contributed by atoms with Gasteiger partial charge < -0.3 is 14.8 Å². The first-order chi connectivity index (χ1) is 11.0. The Hall–Kier alpha value is -2.48. The van der Waals surface area contributed by atoms with Gasteiger partial charge in [-0.05, 0) is 6.42 Å². The molecule has 0 spiro atoms. The van der Waals surface area contributed by atoms with Crippen LogP contribution in [0.2, 0.25) is 0 Å². The molecule has 0 fully saturated rings. The van der Waals surface area contributed by atoms with E-state index in [2.05, 4.69) is 11.9 Å². The molecule has 0 unspecified atom stereocenters. The van der Waals surface area contributed by atoms with Gasteiger partial charge >= 0.3 is 5.97 Å². The zero-order chi connectivity index (χ0) is 17.1. The van der Waals surface area contributed by atoms with Crippen molar-refractivity contribution in [3.63, 3.8) is 0 Å². The van der Waals surface area contributed by atoms with Crippen molar-refractivity contribution in [2.24, 2.45) is 0 Å². The highest BCUT2D eigenvalue weighted by molar-refractivity contribution is 6.12. The van der Waals surface area contributed by atoms with Crippen LogP contribution in [0.25, 0.3) is 0 Å². The van der Waals surface area contributed by atoms with Gasteiger partial charge in [0, 0.05) is 37.7 Å². The fourth-order valence-corrected chi connectivity index (χ4v) is 1.76. The summed E-state index contributed by atoms with van der Waals surface area (Å²) in [7, 11) is 0. The van der Waals surface area contributed by atoms with E-state index in [0.717, 1.165) is 11.0 Å². The molecule has 23 heavy (non-hydrogen) atoms. The number of hydrogen-bond acceptors (Lipinski definition) is 6. The number of rotatable bonds is 11. The van der Waals surface area contributed by atoms with Gasteiger partial charge in [-0.15, -0.1) is 0 Å². The van der Waals surface area contributed by atoms with Crippen molar-refractivity contribution in [2.45, 2.75) is 12.8 Å². The van der Waals surface area contributed by atoms with Crippen molar-refractivity contribution >= 4 is 23.7 Å². The summed E-state index contributed by atoms with van der Waals surface area (Å²) in [6.45, 7) is 4.48. The third-order valence-corrected chi connectivity index (χ3v) is 2.89. The number of hydrogen-bond donors (Lipinski definition) is 1. The fourth-order valence-electron chi connectivity index (χ4n) is 1.76. The predicted molar refractivity (Wildman–Crippen MR) is 80.1 cm³/mol. The largest absolute Gasteiger partial charge is 0.460 e. The molecule has 1 aliphatic rings. The van der Waals surface area contributed by atoms with Crippen LogP contribution in [0, 0.1) is 0 Å². The molecule has 0 saturated heterocycles. The summed E-state index contributed by atoms with van der Waals surface area (Å²) in [5, 5.41) is 2.65. The van der Waals surface area contributed by atoms with Gasteiger partial charge in [0.15, 0.2) is 0 Å². The van der Waals surface area contributed by atoms with Gasteiger partial charge in [-0.3, -0.25) is 19.3 Å². The molecule has 8 heteroatoms. The van der Waals surface area contributed by atoms with E-state index in [1.54, 1.807) is 0 Å². The average molecular weight is 324 g/mol. The van der Waals surface area contributed by atoms with E-state index in [9.17, 15) is 19.2 Å². The normalized spacial score (nSPS) is 13.3. The van der Waals surface area contributed by atoms with E-state index in [0.29, 0.717) is 19.6 Å². The lowest BCUT2D eigenvalue weighted by atomic mass is 10.3. The molecule has 0 bridgehead atoms. The lowest BCUT2D eigenvalue weighted by molar-refractivity contribution is -0.139. The van der Waals surface area contributed by atoms with Crippen molar-refractivity contribution in [3.8, 4) is 0 Å². The second-order valence-corrected chi connectivity index (χ2v) is 4.60. The molecular weight excluding hydrogens is 304 g/mol. The lowest BCUT2D eigenvalue weighted by Crippen LogP contribution is -2.32. The molecule has 0 aromatic carbocycles. The fraction of sp³-hybridized carbons (Fsp3) is 0.467. The summed E-state index contributed by atoms with van der Waals surface area (Å²) in [5.74, 6) is -1.38. The maximum absolute atomic E-state index is 11.5. The minimum atomic E-state index is -0.507. The highest BCUT2D eigenvalue weighted by atomic mass is 16.6. The van der Waals surface area contributed by atoms with E-state index in [-0.39, 0.29) is 43.9 Å². The first-order valence-electron chi connectivity index (χ1n) is 7.21. The van der Waals surface area contributed by atoms with Crippen LogP contribution in [-0.2, 0) is 28.7 Å². The molecular formula is C15H20N2O6. The van der Waals surface area contributed by atoms with Crippen LogP contribution < -0.4 is 5.32 Å². The molecule has 1 rings (SSSR count). The monoisotopic (exact) mass is 324 g/mol. The van der Waals surface area contributed by atoms with Crippen LogP contribution in [0.15, 0.2) is 24.8 Å². The van der Waals surface area contributed by atoms with Gasteiger partial charge in [0.1, 0.15) is 6.61 Å². The number of carbonyl (C=O) groups excluding carboxylic acids is 4. The van der Waals surface area contributed by atoms with Crippen LogP contribution in [0.5, 0.6) is 0 Å². The lowest BCUT2D eigenvalue weighted by Gasteiger charge is -2.13. The Balaban J connectivity index is 1.96. The number of esters is 1. The zero-order valence-electron chi connectivity index (χ0n) is 12.8. The third-order valence-electron chi connectivity index (χ3n) is 2.89. The minimum Gasteiger partial charge on any atom is -0.460 e. The number of imide groups is 1. The summed E-state index contributed by atoms with van der Waals surface area (Å²) in [4.78, 5) is 45.9. The Kier molecular flexibility index (Phi) is 8.30. The van der Waals surface area contributed by atoms with E-state index >= 15 is 0 Å². The second kappa shape index (κ2) is 10.3. The molecule has 1 aliphatic heterocycles. The van der Waals surface area contributed by atoms with Gasteiger partial charge in [0.05, 0.1) is 13.2 Å². The summed E-state index contributed by atoms with van der Waals surface area (Å²) in [6, 6.07) is 0. The maximum atomic E-state index is 11.5. The van der Waals surface area contributed by atoms with E-state index in [1.807, 2.05) is 0 Å². The highest BCUT2D eigenvalue weighted by Gasteiger charge is 2.22. The Morgan fingerprint density at radius 2 is 1.87 bits per heavy atom. The molecule has 3 amide bonds. The molecule has 8 nitrogen and oxygen atoms in total. The Bertz CT molecular complexity index is 482. The van der Waals surface area contributed by atoms with Gasteiger partial charge in [-0.2, -0.15) is 0 Å². The molecule has 0 saturated carbocycles. The SMILES string of the molecule is C=CC(=O)OCCOCCNC(=O)CCCN1C(=O)C=CC1=O. The van der Waals surface area contributed by atoms with E-state index in [1.165, 1.54) is 12.2 Å². The van der Waals surface area contributed by atoms with Crippen molar-refractivity contribution in [3.05, 3.63) is 24.8 Å². The van der Waals surface area contributed by atoms with Crippen LogP contribution in [0.4, 0.5) is 0 Å². The van der Waals surface area contributed by atoms with E-state index in [4.69, 9.17) is 9.47 Å². The number of amides is 3. The molecule has 0 aromatic rings. The Morgan fingerprint density at radius 1 is 1.17 bits per heavy atom. The predicted octanol–water partition coefficient (Wildman–Crippen LogP) is -0.446. The summed E-state index contributed by atoms with van der Waals surface area (Å²) >= 11 is 0. The third kappa shape index (κ3) is 7.37. The maximum Gasteiger partial charge on any atom is 0.330 e. The Labute approximate surface area is 134 Å². The number of nitrogens with one attached hydrogen (secondary N) is 1. The smallest absolute Gasteiger partial charge is 0.330 e. The number of carbonyl (C=O) groups is 4.